The highest BCUT2D eigenvalue weighted by Crippen LogP contribution is 2.26. The maximum atomic E-state index is 14.0. The van der Waals surface area contributed by atoms with Gasteiger partial charge < -0.3 is 10.5 Å². The summed E-state index contributed by atoms with van der Waals surface area (Å²) < 4.78 is 45.6. The number of nitrogens with zero attached hydrogens (tertiary/aromatic N) is 2. The summed E-state index contributed by atoms with van der Waals surface area (Å²) in [6.07, 6.45) is 1.06. The van der Waals surface area contributed by atoms with E-state index in [-0.39, 0.29) is 12.4 Å². The molecule has 1 aromatic carbocycles. The number of hydrogen-bond acceptors (Lipinski definition) is 5. The Kier molecular flexibility index (Phi) is 3.87. The number of pyridine rings is 1. The molecular formula is C14H8F3N3O2S. The molecule has 0 fully saturated rings. The third-order valence-electron chi connectivity index (χ3n) is 2.91. The molecule has 0 spiro atoms. The van der Waals surface area contributed by atoms with E-state index < -0.39 is 28.9 Å². The van der Waals surface area contributed by atoms with E-state index in [0.29, 0.717) is 15.4 Å². The molecule has 118 valence electrons. The Hall–Kier alpha value is -2.68. The van der Waals surface area contributed by atoms with Gasteiger partial charge in [0.05, 0.1) is 6.20 Å². The van der Waals surface area contributed by atoms with Gasteiger partial charge in [-0.3, -0.25) is 4.79 Å². The standard InChI is InChI=1S/C14H8F3N3O2S/c15-6-3-8-14(19-4-6)23-10(20-8)5-22-9-2-1-7(16)11(12(9)17)13(18)21/h1-4H,5H2,(H2,18,21). The first-order chi connectivity index (χ1) is 11.0. The molecule has 9 heteroatoms. The van der Waals surface area contributed by atoms with Crippen molar-refractivity contribution >= 4 is 27.6 Å². The molecule has 3 aromatic rings. The number of halogens is 3. The quantitative estimate of drug-likeness (QED) is 0.793. The molecule has 0 unspecified atom stereocenters. The fourth-order valence-corrected chi connectivity index (χ4v) is 2.72. The van der Waals surface area contributed by atoms with E-state index in [1.54, 1.807) is 0 Å². The van der Waals surface area contributed by atoms with Crippen LogP contribution in [0.1, 0.15) is 15.4 Å². The van der Waals surface area contributed by atoms with Gasteiger partial charge in [-0.05, 0) is 12.1 Å². The van der Waals surface area contributed by atoms with Gasteiger partial charge in [0, 0.05) is 6.07 Å². The van der Waals surface area contributed by atoms with Gasteiger partial charge in [0.15, 0.2) is 11.6 Å². The Balaban J connectivity index is 1.85. The molecule has 5 nitrogen and oxygen atoms in total. The van der Waals surface area contributed by atoms with Crippen molar-refractivity contribution in [2.45, 2.75) is 6.61 Å². The van der Waals surface area contributed by atoms with Crippen LogP contribution >= 0.6 is 11.3 Å². The summed E-state index contributed by atoms with van der Waals surface area (Å²) in [6, 6.07) is 3.14. The highest BCUT2D eigenvalue weighted by Gasteiger charge is 2.19. The third-order valence-corrected chi connectivity index (χ3v) is 3.86. The topological polar surface area (TPSA) is 78.1 Å². The first-order valence-electron chi connectivity index (χ1n) is 6.27. The largest absolute Gasteiger partial charge is 0.483 e. The van der Waals surface area contributed by atoms with Crippen molar-refractivity contribution in [3.63, 3.8) is 0 Å². The molecule has 3 rings (SSSR count). The van der Waals surface area contributed by atoms with Crippen LogP contribution in [-0.4, -0.2) is 15.9 Å². The first-order valence-corrected chi connectivity index (χ1v) is 7.09. The third kappa shape index (κ3) is 2.95. The molecule has 0 saturated carbocycles. The Morgan fingerprint density at radius 1 is 1.30 bits per heavy atom. The van der Waals surface area contributed by atoms with E-state index in [9.17, 15) is 18.0 Å². The molecule has 0 aliphatic heterocycles. The second kappa shape index (κ2) is 5.84. The van der Waals surface area contributed by atoms with Crippen molar-refractivity contribution in [1.29, 1.82) is 0 Å². The summed E-state index contributed by atoms with van der Waals surface area (Å²) in [5, 5.41) is 0.419. The highest BCUT2D eigenvalue weighted by molar-refractivity contribution is 7.18. The number of ether oxygens (including phenoxy) is 1. The Bertz CT molecular complexity index is 914. The van der Waals surface area contributed by atoms with Crippen LogP contribution in [0.3, 0.4) is 0 Å². The van der Waals surface area contributed by atoms with Crippen LogP contribution < -0.4 is 10.5 Å². The lowest BCUT2D eigenvalue weighted by Gasteiger charge is -2.08. The summed E-state index contributed by atoms with van der Waals surface area (Å²) in [7, 11) is 0. The Morgan fingerprint density at radius 3 is 2.83 bits per heavy atom. The van der Waals surface area contributed by atoms with Crippen LogP contribution in [0.4, 0.5) is 13.2 Å². The fraction of sp³-hybridized carbons (Fsp3) is 0.0714. The van der Waals surface area contributed by atoms with Crippen molar-refractivity contribution in [2.24, 2.45) is 5.73 Å². The molecule has 2 heterocycles. The van der Waals surface area contributed by atoms with Gasteiger partial charge in [0.1, 0.15) is 39.2 Å². The van der Waals surface area contributed by atoms with Crippen LogP contribution in [0, 0.1) is 17.5 Å². The second-order valence-electron chi connectivity index (χ2n) is 4.47. The lowest BCUT2D eigenvalue weighted by atomic mass is 10.2. The molecule has 2 N–H and O–H groups in total. The van der Waals surface area contributed by atoms with E-state index in [1.807, 2.05) is 0 Å². The zero-order valence-electron chi connectivity index (χ0n) is 11.3. The van der Waals surface area contributed by atoms with Crippen LogP contribution in [0.2, 0.25) is 0 Å². The van der Waals surface area contributed by atoms with E-state index >= 15 is 0 Å². The molecule has 23 heavy (non-hydrogen) atoms. The van der Waals surface area contributed by atoms with E-state index in [1.165, 1.54) is 6.07 Å². The van der Waals surface area contributed by atoms with Crippen molar-refractivity contribution in [3.8, 4) is 5.75 Å². The number of primary amides is 1. The van der Waals surface area contributed by atoms with Gasteiger partial charge in [0.2, 0.25) is 0 Å². The molecule has 2 aromatic heterocycles. The van der Waals surface area contributed by atoms with Crippen LogP contribution in [0.15, 0.2) is 24.4 Å². The van der Waals surface area contributed by atoms with Crippen LogP contribution in [0.5, 0.6) is 5.75 Å². The number of carbonyl (C=O) groups is 1. The molecular weight excluding hydrogens is 331 g/mol. The number of aromatic nitrogens is 2. The molecule has 0 aliphatic carbocycles. The van der Waals surface area contributed by atoms with E-state index in [0.717, 1.165) is 29.7 Å². The summed E-state index contributed by atoms with van der Waals surface area (Å²) in [4.78, 5) is 19.5. The molecule has 0 radical (unpaired) electrons. The minimum Gasteiger partial charge on any atom is -0.483 e. The van der Waals surface area contributed by atoms with E-state index in [2.05, 4.69) is 9.97 Å². The smallest absolute Gasteiger partial charge is 0.254 e. The molecule has 0 bridgehead atoms. The zero-order valence-corrected chi connectivity index (χ0v) is 12.2. The van der Waals surface area contributed by atoms with Crippen molar-refractivity contribution in [1.82, 2.24) is 9.97 Å². The predicted octanol–water partition coefficient (Wildman–Crippen LogP) is 2.79. The number of hydrogen-bond donors (Lipinski definition) is 1. The van der Waals surface area contributed by atoms with Crippen molar-refractivity contribution < 1.29 is 22.7 Å². The normalized spacial score (nSPS) is 10.9. The van der Waals surface area contributed by atoms with Gasteiger partial charge in [0.25, 0.3) is 5.91 Å². The number of benzene rings is 1. The van der Waals surface area contributed by atoms with Crippen LogP contribution in [0.25, 0.3) is 10.3 Å². The lowest BCUT2D eigenvalue weighted by molar-refractivity contribution is 0.0991. The monoisotopic (exact) mass is 339 g/mol. The van der Waals surface area contributed by atoms with Crippen LogP contribution in [-0.2, 0) is 6.61 Å². The summed E-state index contributed by atoms with van der Waals surface area (Å²) in [5.41, 5.74) is 4.42. The Labute approximate surface area is 131 Å². The van der Waals surface area contributed by atoms with Crippen molar-refractivity contribution in [3.05, 3.63) is 52.4 Å². The Morgan fingerprint density at radius 2 is 2.09 bits per heavy atom. The molecule has 0 saturated heterocycles. The second-order valence-corrected chi connectivity index (χ2v) is 5.53. The summed E-state index contributed by atoms with van der Waals surface area (Å²) in [6.45, 7) is -0.149. The summed E-state index contributed by atoms with van der Waals surface area (Å²) >= 11 is 1.14. The van der Waals surface area contributed by atoms with Gasteiger partial charge in [-0.15, -0.1) is 0 Å². The van der Waals surface area contributed by atoms with Gasteiger partial charge in [-0.1, -0.05) is 11.3 Å². The number of fused-ring (bicyclic) bond motifs is 1. The van der Waals surface area contributed by atoms with Gasteiger partial charge in [-0.25, -0.2) is 23.1 Å². The maximum absolute atomic E-state index is 14.0. The van der Waals surface area contributed by atoms with Crippen molar-refractivity contribution in [2.75, 3.05) is 0 Å². The minimum atomic E-state index is -1.23. The maximum Gasteiger partial charge on any atom is 0.254 e. The summed E-state index contributed by atoms with van der Waals surface area (Å²) in [5.74, 6) is -4.33. The molecule has 0 atom stereocenters. The first kappa shape index (κ1) is 15.2. The van der Waals surface area contributed by atoms with E-state index in [4.69, 9.17) is 10.5 Å². The van der Waals surface area contributed by atoms with Gasteiger partial charge >= 0.3 is 0 Å². The SMILES string of the molecule is NC(=O)c1c(F)ccc(OCc2nc3cc(F)cnc3s2)c1F. The number of thiazole rings is 1. The number of rotatable bonds is 4. The lowest BCUT2D eigenvalue weighted by Crippen LogP contribution is -2.16. The molecule has 1 amide bonds. The average molecular weight is 339 g/mol. The average Bonchev–Trinajstić information content (AvgIpc) is 2.88. The number of amides is 1. The highest BCUT2D eigenvalue weighted by atomic mass is 32.1. The number of nitrogens with two attached hydrogens (primary N) is 1. The molecule has 0 aliphatic rings. The number of carbonyl (C=O) groups excluding carboxylic acids is 1. The predicted molar refractivity (Wildman–Crippen MR) is 76.6 cm³/mol. The fourth-order valence-electron chi connectivity index (χ4n) is 1.92. The minimum absolute atomic E-state index is 0.149. The zero-order chi connectivity index (χ0) is 16.6. The van der Waals surface area contributed by atoms with Gasteiger partial charge in [-0.2, -0.15) is 0 Å².